The highest BCUT2D eigenvalue weighted by molar-refractivity contribution is 9.10. The maximum atomic E-state index is 12.8. The number of carbonyl (C=O) groups is 1. The van der Waals surface area contributed by atoms with Crippen molar-refractivity contribution in [1.82, 2.24) is 9.62 Å². The van der Waals surface area contributed by atoms with Crippen LogP contribution in [-0.4, -0.2) is 37.3 Å². The van der Waals surface area contributed by atoms with Gasteiger partial charge in [-0.2, -0.15) is 4.31 Å². The Balaban J connectivity index is 1.77. The van der Waals surface area contributed by atoms with Crippen molar-refractivity contribution in [1.29, 1.82) is 0 Å². The summed E-state index contributed by atoms with van der Waals surface area (Å²) in [7, 11) is -3.63. The predicted octanol–water partition coefficient (Wildman–Crippen LogP) is 2.66. The van der Waals surface area contributed by atoms with Crippen molar-refractivity contribution in [3.05, 3.63) is 28.7 Å². The maximum Gasteiger partial charge on any atom is 0.243 e. The van der Waals surface area contributed by atoms with Gasteiger partial charge < -0.3 is 5.32 Å². The van der Waals surface area contributed by atoms with E-state index in [4.69, 9.17) is 0 Å². The first-order chi connectivity index (χ1) is 11.0. The van der Waals surface area contributed by atoms with Crippen molar-refractivity contribution < 1.29 is 13.2 Å². The molecule has 5 nitrogen and oxygen atoms in total. The standard InChI is InChI=1S/C16H21BrN2O3S/c17-12-7-9-14(10-8-12)23(21,22)19-11-3-6-15(19)16(20)18-13-4-1-2-5-13/h7-10,13,15H,1-6,11H2,(H,18,20). The molecule has 1 heterocycles. The molecule has 23 heavy (non-hydrogen) atoms. The molecule has 1 aromatic carbocycles. The van der Waals surface area contributed by atoms with Gasteiger partial charge in [0.15, 0.2) is 0 Å². The lowest BCUT2D eigenvalue weighted by Gasteiger charge is -2.25. The molecule has 1 aromatic rings. The van der Waals surface area contributed by atoms with E-state index in [-0.39, 0.29) is 16.8 Å². The minimum atomic E-state index is -3.63. The minimum Gasteiger partial charge on any atom is -0.352 e. The quantitative estimate of drug-likeness (QED) is 0.844. The van der Waals surface area contributed by atoms with Crippen LogP contribution in [0.15, 0.2) is 33.6 Å². The Morgan fingerprint density at radius 1 is 1.09 bits per heavy atom. The van der Waals surface area contributed by atoms with Gasteiger partial charge in [0.2, 0.25) is 15.9 Å². The van der Waals surface area contributed by atoms with E-state index in [1.165, 1.54) is 4.31 Å². The van der Waals surface area contributed by atoms with Crippen molar-refractivity contribution in [2.24, 2.45) is 0 Å². The molecule has 0 radical (unpaired) electrons. The third kappa shape index (κ3) is 3.61. The summed E-state index contributed by atoms with van der Waals surface area (Å²) < 4.78 is 27.8. The number of nitrogens with one attached hydrogen (secondary N) is 1. The molecule has 7 heteroatoms. The molecule has 2 fully saturated rings. The summed E-state index contributed by atoms with van der Waals surface area (Å²) in [6.45, 7) is 0.404. The molecule has 1 amide bonds. The second-order valence-corrected chi connectivity index (χ2v) is 9.02. The fourth-order valence-corrected chi connectivity index (χ4v) is 5.32. The van der Waals surface area contributed by atoms with E-state index in [9.17, 15) is 13.2 Å². The number of hydrogen-bond acceptors (Lipinski definition) is 3. The lowest BCUT2D eigenvalue weighted by Crippen LogP contribution is -2.48. The van der Waals surface area contributed by atoms with Gasteiger partial charge in [-0.15, -0.1) is 0 Å². The van der Waals surface area contributed by atoms with Crippen LogP contribution in [0.1, 0.15) is 38.5 Å². The van der Waals surface area contributed by atoms with Crippen molar-refractivity contribution in [2.75, 3.05) is 6.54 Å². The van der Waals surface area contributed by atoms with Crippen molar-refractivity contribution in [3.63, 3.8) is 0 Å². The fraction of sp³-hybridized carbons (Fsp3) is 0.562. The van der Waals surface area contributed by atoms with E-state index in [1.807, 2.05) is 0 Å². The van der Waals surface area contributed by atoms with Crippen LogP contribution in [-0.2, 0) is 14.8 Å². The summed E-state index contributed by atoms with van der Waals surface area (Å²) in [6.07, 6.45) is 5.58. The van der Waals surface area contributed by atoms with Crippen LogP contribution in [0.3, 0.4) is 0 Å². The molecule has 1 aliphatic carbocycles. The Bertz CT molecular complexity index is 669. The lowest BCUT2D eigenvalue weighted by molar-refractivity contribution is -0.124. The van der Waals surface area contributed by atoms with Crippen LogP contribution >= 0.6 is 15.9 Å². The maximum absolute atomic E-state index is 12.8. The second kappa shape index (κ2) is 6.91. The second-order valence-electron chi connectivity index (χ2n) is 6.22. The molecular weight excluding hydrogens is 380 g/mol. The molecule has 3 rings (SSSR count). The van der Waals surface area contributed by atoms with Crippen molar-refractivity contribution in [3.8, 4) is 0 Å². The van der Waals surface area contributed by atoms with Crippen molar-refractivity contribution >= 4 is 31.9 Å². The molecule has 0 aromatic heterocycles. The predicted molar refractivity (Wildman–Crippen MR) is 91.5 cm³/mol. The van der Waals surface area contributed by atoms with Crippen LogP contribution in [0.25, 0.3) is 0 Å². The van der Waals surface area contributed by atoms with Crippen LogP contribution in [0.5, 0.6) is 0 Å². The van der Waals surface area contributed by atoms with Gasteiger partial charge in [0.1, 0.15) is 6.04 Å². The van der Waals surface area contributed by atoms with Gasteiger partial charge in [-0.1, -0.05) is 28.8 Å². The first-order valence-electron chi connectivity index (χ1n) is 8.06. The zero-order chi connectivity index (χ0) is 16.4. The molecule has 0 bridgehead atoms. The summed E-state index contributed by atoms with van der Waals surface area (Å²) in [5.74, 6) is -0.143. The fourth-order valence-electron chi connectivity index (χ4n) is 3.40. The largest absolute Gasteiger partial charge is 0.352 e. The number of hydrogen-bond donors (Lipinski definition) is 1. The van der Waals surface area contributed by atoms with Gasteiger partial charge in [0, 0.05) is 17.1 Å². The van der Waals surface area contributed by atoms with E-state index in [0.29, 0.717) is 13.0 Å². The molecule has 1 aliphatic heterocycles. The minimum absolute atomic E-state index is 0.143. The third-order valence-electron chi connectivity index (χ3n) is 4.63. The number of carbonyl (C=O) groups excluding carboxylic acids is 1. The number of halogens is 1. The number of amides is 1. The van der Waals surface area contributed by atoms with Crippen LogP contribution < -0.4 is 5.32 Å². The van der Waals surface area contributed by atoms with Gasteiger partial charge >= 0.3 is 0 Å². The monoisotopic (exact) mass is 400 g/mol. The summed E-state index contributed by atoms with van der Waals surface area (Å²) in [5.41, 5.74) is 0. The molecule has 1 saturated carbocycles. The average Bonchev–Trinajstić information content (AvgIpc) is 3.19. The van der Waals surface area contributed by atoms with Crippen LogP contribution in [0, 0.1) is 0 Å². The number of sulfonamides is 1. The van der Waals surface area contributed by atoms with Gasteiger partial charge in [-0.25, -0.2) is 8.42 Å². The van der Waals surface area contributed by atoms with Gasteiger partial charge in [0.25, 0.3) is 0 Å². The Morgan fingerprint density at radius 2 is 1.74 bits per heavy atom. The molecular formula is C16H21BrN2O3S. The van der Waals surface area contributed by atoms with Crippen LogP contribution in [0.2, 0.25) is 0 Å². The summed E-state index contributed by atoms with van der Waals surface area (Å²) >= 11 is 3.31. The number of benzene rings is 1. The summed E-state index contributed by atoms with van der Waals surface area (Å²) in [6, 6.07) is 6.19. The van der Waals surface area contributed by atoms with Crippen molar-refractivity contribution in [2.45, 2.75) is 55.5 Å². The molecule has 1 N–H and O–H groups in total. The van der Waals surface area contributed by atoms with E-state index < -0.39 is 16.1 Å². The Kier molecular flexibility index (Phi) is 5.08. The summed E-state index contributed by atoms with van der Waals surface area (Å²) in [4.78, 5) is 12.8. The highest BCUT2D eigenvalue weighted by atomic mass is 79.9. The SMILES string of the molecule is O=C(NC1CCCC1)C1CCCN1S(=O)(=O)c1ccc(Br)cc1. The number of nitrogens with zero attached hydrogens (tertiary/aromatic N) is 1. The normalized spacial score (nSPS) is 23.3. The van der Waals surface area contributed by atoms with E-state index in [1.54, 1.807) is 24.3 Å². The van der Waals surface area contributed by atoms with Crippen LogP contribution in [0.4, 0.5) is 0 Å². The first-order valence-corrected chi connectivity index (χ1v) is 10.3. The zero-order valence-corrected chi connectivity index (χ0v) is 15.3. The smallest absolute Gasteiger partial charge is 0.243 e. The third-order valence-corrected chi connectivity index (χ3v) is 7.08. The molecule has 1 atom stereocenters. The molecule has 0 spiro atoms. The zero-order valence-electron chi connectivity index (χ0n) is 12.9. The lowest BCUT2D eigenvalue weighted by atomic mass is 10.2. The van der Waals surface area contributed by atoms with Gasteiger partial charge in [-0.05, 0) is 49.9 Å². The molecule has 2 aliphatic rings. The average molecular weight is 401 g/mol. The molecule has 1 saturated heterocycles. The molecule has 1 unspecified atom stereocenters. The van der Waals surface area contributed by atoms with Gasteiger partial charge in [-0.3, -0.25) is 4.79 Å². The highest BCUT2D eigenvalue weighted by Gasteiger charge is 2.40. The topological polar surface area (TPSA) is 66.5 Å². The van der Waals surface area contributed by atoms with E-state index >= 15 is 0 Å². The summed E-state index contributed by atoms with van der Waals surface area (Å²) in [5, 5.41) is 3.03. The Morgan fingerprint density at radius 3 is 2.39 bits per heavy atom. The Labute approximate surface area is 145 Å². The first kappa shape index (κ1) is 16.9. The van der Waals surface area contributed by atoms with E-state index in [0.717, 1.165) is 36.6 Å². The number of rotatable bonds is 4. The van der Waals surface area contributed by atoms with E-state index in [2.05, 4.69) is 21.2 Å². The Hall–Kier alpha value is -0.920. The molecule has 126 valence electrons. The highest BCUT2D eigenvalue weighted by Crippen LogP contribution is 2.27. The van der Waals surface area contributed by atoms with Gasteiger partial charge in [0.05, 0.1) is 4.90 Å².